The molecule has 3 N–H and O–H groups in total. The van der Waals surface area contributed by atoms with Crippen LogP contribution in [0.1, 0.15) is 57.3 Å². The highest BCUT2D eigenvalue weighted by atomic mass is 32.2. The molecule has 0 aliphatic heterocycles. The Hall–Kier alpha value is -3.87. The summed E-state index contributed by atoms with van der Waals surface area (Å²) in [6.45, 7) is 9.04. The summed E-state index contributed by atoms with van der Waals surface area (Å²) >= 11 is 0. The lowest BCUT2D eigenvalue weighted by atomic mass is 10.0. The first-order valence-corrected chi connectivity index (χ1v) is 15.0. The van der Waals surface area contributed by atoms with E-state index in [0.717, 1.165) is 12.8 Å². The second-order valence-corrected chi connectivity index (χ2v) is 12.6. The zero-order valence-electron chi connectivity index (χ0n) is 24.6. The quantitative estimate of drug-likeness (QED) is 0.141. The van der Waals surface area contributed by atoms with Crippen LogP contribution >= 0.6 is 0 Å². The fraction of sp³-hybridized carbons (Fsp3) is 0.400. The SMILES string of the molecule is COC(C)(C)CCOC(C)(C)CCCNC(=O)c1cc(/N=N/c2ccc(S(=O)(=O)Nc3ccccn3)cc2)ccc1O. The monoisotopic (exact) mass is 597 g/mol. The van der Waals surface area contributed by atoms with E-state index < -0.39 is 15.9 Å². The molecule has 42 heavy (non-hydrogen) atoms. The van der Waals surface area contributed by atoms with Gasteiger partial charge in [-0.2, -0.15) is 10.2 Å². The minimum Gasteiger partial charge on any atom is -0.507 e. The van der Waals surface area contributed by atoms with Crippen LogP contribution in [0.25, 0.3) is 0 Å². The summed E-state index contributed by atoms with van der Waals surface area (Å²) in [7, 11) is -2.13. The van der Waals surface area contributed by atoms with E-state index in [1.807, 2.05) is 27.7 Å². The number of aromatic nitrogens is 1. The highest BCUT2D eigenvalue weighted by Gasteiger charge is 2.22. The lowest BCUT2D eigenvalue weighted by Gasteiger charge is -2.29. The van der Waals surface area contributed by atoms with Crippen LogP contribution in [0.2, 0.25) is 0 Å². The number of phenolic OH excluding ortho intramolecular Hbond substituents is 1. The predicted molar refractivity (Wildman–Crippen MR) is 161 cm³/mol. The van der Waals surface area contributed by atoms with Crippen molar-refractivity contribution in [2.45, 2.75) is 63.1 Å². The van der Waals surface area contributed by atoms with Gasteiger partial charge in [-0.15, -0.1) is 0 Å². The third kappa shape index (κ3) is 10.2. The van der Waals surface area contributed by atoms with Gasteiger partial charge >= 0.3 is 0 Å². The maximum atomic E-state index is 12.7. The number of nitrogens with zero attached hydrogens (tertiary/aromatic N) is 3. The second-order valence-electron chi connectivity index (χ2n) is 10.9. The van der Waals surface area contributed by atoms with E-state index in [0.29, 0.717) is 30.9 Å². The van der Waals surface area contributed by atoms with Gasteiger partial charge < -0.3 is 19.9 Å². The lowest BCUT2D eigenvalue weighted by Crippen LogP contribution is -2.31. The Balaban J connectivity index is 1.53. The van der Waals surface area contributed by atoms with Crippen LogP contribution in [0.4, 0.5) is 17.2 Å². The first kappa shape index (κ1) is 32.6. The third-order valence-corrected chi connectivity index (χ3v) is 7.92. The smallest absolute Gasteiger partial charge is 0.263 e. The van der Waals surface area contributed by atoms with E-state index in [1.54, 1.807) is 25.3 Å². The van der Waals surface area contributed by atoms with Crippen LogP contribution < -0.4 is 10.0 Å². The molecule has 0 saturated heterocycles. The zero-order chi connectivity index (χ0) is 30.8. The van der Waals surface area contributed by atoms with E-state index in [1.165, 1.54) is 48.7 Å². The third-order valence-electron chi connectivity index (χ3n) is 6.55. The number of sulfonamides is 1. The Morgan fingerprint density at radius 1 is 0.952 bits per heavy atom. The van der Waals surface area contributed by atoms with E-state index in [-0.39, 0.29) is 33.2 Å². The summed E-state index contributed by atoms with van der Waals surface area (Å²) in [5.41, 5.74) is 0.230. The molecule has 0 aliphatic carbocycles. The fourth-order valence-electron chi connectivity index (χ4n) is 3.75. The molecule has 2 aromatic carbocycles. The minimum atomic E-state index is -3.81. The van der Waals surface area contributed by atoms with Crippen LogP contribution in [0, 0.1) is 0 Å². The molecule has 0 aliphatic rings. The van der Waals surface area contributed by atoms with Crippen molar-refractivity contribution in [3.05, 3.63) is 72.4 Å². The maximum Gasteiger partial charge on any atom is 0.263 e. The summed E-state index contributed by atoms with van der Waals surface area (Å²) < 4.78 is 39.0. The fourth-order valence-corrected chi connectivity index (χ4v) is 4.76. The van der Waals surface area contributed by atoms with Crippen molar-refractivity contribution in [3.63, 3.8) is 0 Å². The number of amides is 1. The number of anilines is 1. The largest absolute Gasteiger partial charge is 0.507 e. The van der Waals surface area contributed by atoms with Gasteiger partial charge in [0, 0.05) is 19.9 Å². The molecule has 12 heteroatoms. The predicted octanol–water partition coefficient (Wildman–Crippen LogP) is 6.12. The van der Waals surface area contributed by atoms with Crippen LogP contribution in [-0.4, -0.2) is 55.9 Å². The summed E-state index contributed by atoms with van der Waals surface area (Å²) in [5, 5.41) is 21.3. The Labute approximate surface area is 247 Å². The van der Waals surface area contributed by atoms with Gasteiger partial charge in [-0.25, -0.2) is 13.4 Å². The molecule has 0 bridgehead atoms. The Kier molecular flexibility index (Phi) is 11.1. The molecule has 0 spiro atoms. The van der Waals surface area contributed by atoms with Gasteiger partial charge in [0.25, 0.3) is 15.9 Å². The number of hydrogen-bond donors (Lipinski definition) is 3. The molecule has 1 amide bonds. The number of carbonyl (C=O) groups excluding carboxylic acids is 1. The number of aromatic hydroxyl groups is 1. The Bertz CT molecular complexity index is 1460. The molecular weight excluding hydrogens is 558 g/mol. The molecule has 1 heterocycles. The van der Waals surface area contributed by atoms with Crippen LogP contribution in [-0.2, 0) is 19.5 Å². The molecule has 11 nitrogen and oxygen atoms in total. The average molecular weight is 598 g/mol. The van der Waals surface area contributed by atoms with Crippen molar-refractivity contribution in [3.8, 4) is 5.75 Å². The number of pyridine rings is 1. The molecule has 226 valence electrons. The maximum absolute atomic E-state index is 12.7. The van der Waals surface area contributed by atoms with Gasteiger partial charge in [-0.1, -0.05) is 6.07 Å². The van der Waals surface area contributed by atoms with Crippen molar-refractivity contribution in [2.24, 2.45) is 10.2 Å². The van der Waals surface area contributed by atoms with Gasteiger partial charge in [-0.05, 0) is 102 Å². The molecule has 3 rings (SSSR count). The number of methoxy groups -OCH3 is 1. The van der Waals surface area contributed by atoms with Crippen molar-refractivity contribution in [2.75, 3.05) is 25.0 Å². The van der Waals surface area contributed by atoms with Crippen LogP contribution in [0.15, 0.2) is 82.0 Å². The summed E-state index contributed by atoms with van der Waals surface area (Å²) in [5.74, 6) is -0.393. The summed E-state index contributed by atoms with van der Waals surface area (Å²) in [4.78, 5) is 16.7. The number of phenols is 1. The first-order valence-electron chi connectivity index (χ1n) is 13.6. The molecule has 0 atom stereocenters. The first-order chi connectivity index (χ1) is 19.8. The van der Waals surface area contributed by atoms with Crippen LogP contribution in [0.3, 0.4) is 0 Å². The number of carbonyl (C=O) groups is 1. The summed E-state index contributed by atoms with van der Waals surface area (Å²) in [6.07, 6.45) is 3.69. The van der Waals surface area contributed by atoms with E-state index >= 15 is 0 Å². The van der Waals surface area contributed by atoms with Gasteiger partial charge in [0.1, 0.15) is 11.6 Å². The normalized spacial score (nSPS) is 12.4. The Morgan fingerprint density at radius 2 is 1.64 bits per heavy atom. The number of hydrogen-bond acceptors (Lipinski definition) is 9. The van der Waals surface area contributed by atoms with Gasteiger partial charge in [0.2, 0.25) is 0 Å². The lowest BCUT2D eigenvalue weighted by molar-refractivity contribution is -0.0616. The molecule has 0 saturated carbocycles. The summed E-state index contributed by atoms with van der Waals surface area (Å²) in [6, 6.07) is 15.1. The molecule has 0 fully saturated rings. The standard InChI is InChI=1S/C30H39N5O6S/c1-29(2,40-5)17-20-41-30(3,4)16-8-19-32-28(37)25-21-23(12-15-26(25)36)34-33-22-10-13-24(14-11-22)42(38,39)35-27-9-6-7-18-31-27/h6-7,9-15,18,21,36H,8,16-17,19-20H2,1-5H3,(H,31,35)(H,32,37)/b34-33+. The van der Waals surface area contributed by atoms with Crippen molar-refractivity contribution in [1.29, 1.82) is 0 Å². The Morgan fingerprint density at radius 3 is 2.31 bits per heavy atom. The minimum absolute atomic E-state index is 0.0423. The number of nitrogens with one attached hydrogen (secondary N) is 2. The van der Waals surface area contributed by atoms with E-state index in [2.05, 4.69) is 25.3 Å². The zero-order valence-corrected chi connectivity index (χ0v) is 25.4. The molecule has 1 aromatic heterocycles. The highest BCUT2D eigenvalue weighted by Crippen LogP contribution is 2.26. The van der Waals surface area contributed by atoms with Crippen molar-refractivity contribution < 1.29 is 27.8 Å². The number of benzene rings is 2. The van der Waals surface area contributed by atoms with E-state index in [4.69, 9.17) is 9.47 Å². The molecule has 3 aromatic rings. The van der Waals surface area contributed by atoms with Crippen molar-refractivity contribution in [1.82, 2.24) is 10.3 Å². The van der Waals surface area contributed by atoms with Gasteiger partial charge in [-0.3, -0.25) is 9.52 Å². The van der Waals surface area contributed by atoms with E-state index in [9.17, 15) is 18.3 Å². The molecular formula is C30H39N5O6S. The van der Waals surface area contributed by atoms with Gasteiger partial charge in [0.05, 0.1) is 39.6 Å². The number of ether oxygens (including phenoxy) is 2. The average Bonchev–Trinajstić information content (AvgIpc) is 2.95. The topological polar surface area (TPSA) is 152 Å². The second kappa shape index (κ2) is 14.3. The molecule has 0 radical (unpaired) electrons. The van der Waals surface area contributed by atoms with Crippen LogP contribution in [0.5, 0.6) is 5.75 Å². The van der Waals surface area contributed by atoms with Crippen molar-refractivity contribution >= 4 is 33.1 Å². The molecule has 0 unspecified atom stereocenters. The number of azo groups is 1. The number of rotatable bonds is 15. The highest BCUT2D eigenvalue weighted by molar-refractivity contribution is 7.92. The van der Waals surface area contributed by atoms with Gasteiger partial charge in [0.15, 0.2) is 0 Å².